The van der Waals surface area contributed by atoms with Gasteiger partial charge in [0.25, 0.3) is 5.91 Å². The van der Waals surface area contributed by atoms with E-state index in [1.807, 2.05) is 0 Å². The van der Waals surface area contributed by atoms with Crippen molar-refractivity contribution in [2.75, 3.05) is 11.1 Å². The Hall–Kier alpha value is -2.41. The average molecular weight is 490 g/mol. The number of carbonyl (C=O) groups excluding carboxylic acids is 1. The van der Waals surface area contributed by atoms with Gasteiger partial charge in [-0.05, 0) is 75.4 Å². The first-order valence-electron chi connectivity index (χ1n) is 11.1. The Kier molecular flexibility index (Phi) is 6.06. The summed E-state index contributed by atoms with van der Waals surface area (Å²) in [5, 5.41) is 17.2. The van der Waals surface area contributed by atoms with Gasteiger partial charge in [-0.1, -0.05) is 11.6 Å². The number of hydrogen-bond donors (Lipinski definition) is 2. The van der Waals surface area contributed by atoms with Crippen LogP contribution in [0.4, 0.5) is 15.9 Å². The standard InChI is InChI=1S/C23H29ClFN5O2Si/c1-30-21(27)19(22(31)28-16-5-6-18(25)17(24)9-16)20(29-30)13-7-14-10-23(12-26,11-15(14)8-13)32-33(2,3)4/h5-6,9,13-15H,7-8,10-11,27H2,1-4H3,(H,28,31). The first kappa shape index (κ1) is 23.7. The lowest BCUT2D eigenvalue weighted by Crippen LogP contribution is -2.40. The lowest BCUT2D eigenvalue weighted by atomic mass is 9.92. The second-order valence-electron chi connectivity index (χ2n) is 10.3. The molecule has 1 aromatic carbocycles. The van der Waals surface area contributed by atoms with Gasteiger partial charge in [0.15, 0.2) is 8.32 Å². The van der Waals surface area contributed by atoms with Crippen LogP contribution in [0.2, 0.25) is 24.7 Å². The molecule has 7 nitrogen and oxygen atoms in total. The minimum absolute atomic E-state index is 0.0719. The highest BCUT2D eigenvalue weighted by atomic mass is 35.5. The predicted octanol–water partition coefficient (Wildman–Crippen LogP) is 5.06. The Morgan fingerprint density at radius 2 is 2.00 bits per heavy atom. The molecule has 2 aliphatic rings. The molecule has 0 spiro atoms. The van der Waals surface area contributed by atoms with Crippen molar-refractivity contribution >= 4 is 37.3 Å². The normalized spacial score (nSPS) is 26.8. The van der Waals surface area contributed by atoms with E-state index in [2.05, 4.69) is 36.1 Å². The van der Waals surface area contributed by atoms with Gasteiger partial charge < -0.3 is 15.5 Å². The maximum atomic E-state index is 13.5. The van der Waals surface area contributed by atoms with Crippen LogP contribution in [0.3, 0.4) is 0 Å². The lowest BCUT2D eigenvalue weighted by molar-refractivity contribution is 0.102. The van der Waals surface area contributed by atoms with Gasteiger partial charge >= 0.3 is 0 Å². The van der Waals surface area contributed by atoms with Crippen molar-refractivity contribution in [3.63, 3.8) is 0 Å². The van der Waals surface area contributed by atoms with Gasteiger partial charge in [-0.25, -0.2) is 4.39 Å². The van der Waals surface area contributed by atoms with Crippen LogP contribution in [0.1, 0.15) is 47.7 Å². The zero-order chi connectivity index (χ0) is 24.1. The quantitative estimate of drug-likeness (QED) is 0.570. The maximum Gasteiger partial charge on any atom is 0.261 e. The Morgan fingerprint density at radius 3 is 2.55 bits per heavy atom. The third-order valence-corrected chi connectivity index (χ3v) is 7.93. The summed E-state index contributed by atoms with van der Waals surface area (Å²) in [5.41, 5.74) is 6.92. The summed E-state index contributed by atoms with van der Waals surface area (Å²) in [6, 6.07) is 6.48. The number of aromatic nitrogens is 2. The molecule has 2 fully saturated rings. The van der Waals surface area contributed by atoms with E-state index in [1.165, 1.54) is 22.9 Å². The molecule has 0 bridgehead atoms. The fourth-order valence-electron chi connectivity index (χ4n) is 5.49. The van der Waals surface area contributed by atoms with E-state index in [1.54, 1.807) is 7.05 Å². The first-order valence-corrected chi connectivity index (χ1v) is 14.9. The zero-order valence-electron chi connectivity index (χ0n) is 19.3. The second-order valence-corrected chi connectivity index (χ2v) is 15.1. The topological polar surface area (TPSA) is 106 Å². The molecule has 2 unspecified atom stereocenters. The number of hydrogen-bond acceptors (Lipinski definition) is 5. The van der Waals surface area contributed by atoms with Crippen LogP contribution in [0, 0.1) is 29.0 Å². The van der Waals surface area contributed by atoms with E-state index in [9.17, 15) is 14.4 Å². The summed E-state index contributed by atoms with van der Waals surface area (Å²) in [5.74, 6) is 0.0944. The molecule has 2 aromatic rings. The van der Waals surface area contributed by atoms with Crippen LogP contribution in [-0.4, -0.2) is 29.6 Å². The van der Waals surface area contributed by atoms with Crippen molar-refractivity contribution in [3.8, 4) is 6.07 Å². The van der Waals surface area contributed by atoms with Crippen molar-refractivity contribution in [1.29, 1.82) is 5.26 Å². The van der Waals surface area contributed by atoms with E-state index in [-0.39, 0.29) is 16.8 Å². The Balaban J connectivity index is 1.54. The molecule has 1 amide bonds. The number of nitriles is 1. The van der Waals surface area contributed by atoms with Gasteiger partial charge in [0, 0.05) is 18.7 Å². The second kappa shape index (κ2) is 8.42. The Labute approximate surface area is 199 Å². The largest absolute Gasteiger partial charge is 0.400 e. The maximum absolute atomic E-state index is 13.5. The summed E-state index contributed by atoms with van der Waals surface area (Å²) >= 11 is 5.84. The van der Waals surface area contributed by atoms with Gasteiger partial charge in [0.1, 0.15) is 22.8 Å². The van der Waals surface area contributed by atoms with Crippen LogP contribution in [0.15, 0.2) is 18.2 Å². The van der Waals surface area contributed by atoms with Crippen molar-refractivity contribution < 1.29 is 13.6 Å². The van der Waals surface area contributed by atoms with Gasteiger partial charge in [0.05, 0.1) is 16.8 Å². The van der Waals surface area contributed by atoms with E-state index >= 15 is 0 Å². The fourth-order valence-corrected chi connectivity index (χ4v) is 7.06. The monoisotopic (exact) mass is 489 g/mol. The molecule has 1 heterocycles. The number of rotatable bonds is 5. The van der Waals surface area contributed by atoms with Crippen molar-refractivity contribution in [3.05, 3.63) is 40.3 Å². The van der Waals surface area contributed by atoms with Crippen LogP contribution in [-0.2, 0) is 11.5 Å². The Bertz CT molecular complexity index is 1130. The number of amides is 1. The summed E-state index contributed by atoms with van der Waals surface area (Å²) in [4.78, 5) is 13.1. The number of nitrogens with one attached hydrogen (secondary N) is 1. The third-order valence-electron chi connectivity index (χ3n) is 6.64. The number of anilines is 2. The van der Waals surface area contributed by atoms with E-state index in [4.69, 9.17) is 21.8 Å². The van der Waals surface area contributed by atoms with E-state index in [0.717, 1.165) is 12.8 Å². The Morgan fingerprint density at radius 1 is 1.36 bits per heavy atom. The molecule has 10 heteroatoms. The molecule has 0 aliphatic heterocycles. The summed E-state index contributed by atoms with van der Waals surface area (Å²) in [6.07, 6.45) is 3.10. The molecular weight excluding hydrogens is 461 g/mol. The number of nitrogens with two attached hydrogens (primary N) is 1. The SMILES string of the molecule is Cn1nc(C2CC3CC(C#N)(O[Si](C)(C)C)CC3C2)c(C(=O)Nc2ccc(F)c(Cl)c2)c1N. The number of nitrogens with zero attached hydrogens (tertiary/aromatic N) is 3. The van der Waals surface area contributed by atoms with Gasteiger partial charge in [-0.15, -0.1) is 0 Å². The number of fused-ring (bicyclic) bond motifs is 1. The fraction of sp³-hybridized carbons (Fsp3) is 0.522. The highest BCUT2D eigenvalue weighted by Gasteiger charge is 2.53. The molecule has 0 saturated heterocycles. The summed E-state index contributed by atoms with van der Waals surface area (Å²) in [6.45, 7) is 6.33. The van der Waals surface area contributed by atoms with Crippen molar-refractivity contribution in [1.82, 2.24) is 9.78 Å². The predicted molar refractivity (Wildman–Crippen MR) is 128 cm³/mol. The summed E-state index contributed by atoms with van der Waals surface area (Å²) < 4.78 is 21.3. The van der Waals surface area contributed by atoms with E-state index in [0.29, 0.717) is 41.6 Å². The molecule has 4 rings (SSSR count). The van der Waals surface area contributed by atoms with Crippen LogP contribution >= 0.6 is 11.6 Å². The smallest absolute Gasteiger partial charge is 0.261 e. The molecule has 1 aromatic heterocycles. The van der Waals surface area contributed by atoms with Crippen molar-refractivity contribution in [2.24, 2.45) is 18.9 Å². The van der Waals surface area contributed by atoms with Gasteiger partial charge in [-0.3, -0.25) is 9.48 Å². The van der Waals surface area contributed by atoms with Gasteiger partial charge in [-0.2, -0.15) is 10.4 Å². The third kappa shape index (κ3) is 4.65. The number of nitrogen functional groups attached to an aromatic ring is 1. The number of benzene rings is 1. The number of halogens is 2. The van der Waals surface area contributed by atoms with Crippen LogP contribution in [0.5, 0.6) is 0 Å². The molecule has 2 aliphatic carbocycles. The first-order chi connectivity index (χ1) is 15.4. The molecule has 0 radical (unpaired) electrons. The minimum atomic E-state index is -1.86. The lowest BCUT2D eigenvalue weighted by Gasteiger charge is -2.31. The molecule has 3 N–H and O–H groups in total. The van der Waals surface area contributed by atoms with Crippen LogP contribution < -0.4 is 11.1 Å². The molecule has 33 heavy (non-hydrogen) atoms. The molecule has 176 valence electrons. The average Bonchev–Trinajstić information content (AvgIpc) is 3.33. The zero-order valence-corrected chi connectivity index (χ0v) is 21.0. The molecular formula is C23H29ClFN5O2Si. The number of aryl methyl sites for hydroxylation is 1. The highest BCUT2D eigenvalue weighted by molar-refractivity contribution is 6.69. The van der Waals surface area contributed by atoms with E-state index < -0.39 is 25.6 Å². The molecule has 2 saturated carbocycles. The van der Waals surface area contributed by atoms with Crippen molar-refractivity contribution in [2.45, 2.75) is 56.8 Å². The summed E-state index contributed by atoms with van der Waals surface area (Å²) in [7, 11) is -0.147. The molecule has 2 atom stereocenters. The number of carbonyl (C=O) groups is 1. The minimum Gasteiger partial charge on any atom is -0.400 e. The van der Waals surface area contributed by atoms with Crippen LogP contribution in [0.25, 0.3) is 0 Å². The highest BCUT2D eigenvalue weighted by Crippen LogP contribution is 2.55. The van der Waals surface area contributed by atoms with Gasteiger partial charge in [0.2, 0.25) is 0 Å².